The van der Waals surface area contributed by atoms with Crippen molar-refractivity contribution in [3.63, 3.8) is 0 Å². The van der Waals surface area contributed by atoms with E-state index < -0.39 is 6.04 Å². The van der Waals surface area contributed by atoms with Gasteiger partial charge in [-0.3, -0.25) is 4.79 Å². The van der Waals surface area contributed by atoms with Crippen LogP contribution in [0, 0.1) is 0 Å². The first kappa shape index (κ1) is 11.3. The van der Waals surface area contributed by atoms with Crippen molar-refractivity contribution < 1.29 is 9.18 Å². The van der Waals surface area contributed by atoms with E-state index in [2.05, 4.69) is 6.92 Å². The van der Waals surface area contributed by atoms with Crippen LogP contribution in [0.15, 0.2) is 12.2 Å². The lowest BCUT2D eigenvalue weighted by atomic mass is 10.1. The molecule has 0 aromatic carbocycles. The molecule has 0 bridgehead atoms. The normalized spacial score (nSPS) is 10.8. The van der Waals surface area contributed by atoms with Crippen molar-refractivity contribution in [2.75, 3.05) is 0 Å². The molecule has 12 heavy (non-hydrogen) atoms. The van der Waals surface area contributed by atoms with Gasteiger partial charge in [-0.25, -0.2) is 0 Å². The topological polar surface area (TPSA) is 17.1 Å². The second-order valence-corrected chi connectivity index (χ2v) is 2.91. The highest BCUT2D eigenvalue weighted by molar-refractivity contribution is 5.80. The molecule has 0 amide bonds. The lowest BCUT2D eigenvalue weighted by Crippen LogP contribution is -1.79. The molecule has 0 radical (unpaired) electrons. The SMILES string of the molecule is CCCCCCCC=CC(=O)F. The molecule has 0 fully saturated rings. The van der Waals surface area contributed by atoms with Crippen molar-refractivity contribution in [2.45, 2.75) is 45.4 Å². The van der Waals surface area contributed by atoms with Crippen LogP contribution >= 0.6 is 0 Å². The Morgan fingerprint density at radius 2 is 1.92 bits per heavy atom. The molecule has 0 unspecified atom stereocenters. The average molecular weight is 172 g/mol. The zero-order chi connectivity index (χ0) is 9.23. The summed E-state index contributed by atoms with van der Waals surface area (Å²) in [6.45, 7) is 2.17. The van der Waals surface area contributed by atoms with Gasteiger partial charge in [-0.15, -0.1) is 0 Å². The molecule has 0 aliphatic heterocycles. The highest BCUT2D eigenvalue weighted by Gasteiger charge is 1.88. The summed E-state index contributed by atoms with van der Waals surface area (Å²) in [6.07, 6.45) is 9.41. The summed E-state index contributed by atoms with van der Waals surface area (Å²) >= 11 is 0. The maximum atomic E-state index is 11.6. The molecule has 0 aromatic rings. The Morgan fingerprint density at radius 3 is 2.50 bits per heavy atom. The third-order valence-corrected chi connectivity index (χ3v) is 1.72. The van der Waals surface area contributed by atoms with Crippen LogP contribution in [-0.4, -0.2) is 6.04 Å². The third-order valence-electron chi connectivity index (χ3n) is 1.72. The van der Waals surface area contributed by atoms with Gasteiger partial charge in [-0.1, -0.05) is 38.7 Å². The molecule has 0 saturated heterocycles. The van der Waals surface area contributed by atoms with Crippen molar-refractivity contribution in [1.29, 1.82) is 0 Å². The third kappa shape index (κ3) is 9.34. The largest absolute Gasteiger partial charge is 0.324 e. The van der Waals surface area contributed by atoms with Crippen LogP contribution < -0.4 is 0 Å². The van der Waals surface area contributed by atoms with Gasteiger partial charge in [-0.2, -0.15) is 4.39 Å². The highest BCUT2D eigenvalue weighted by atomic mass is 19.1. The van der Waals surface area contributed by atoms with Crippen LogP contribution in [0.25, 0.3) is 0 Å². The number of hydrogen-bond donors (Lipinski definition) is 0. The lowest BCUT2D eigenvalue weighted by Gasteiger charge is -1.95. The van der Waals surface area contributed by atoms with E-state index in [1.165, 1.54) is 25.7 Å². The summed E-state index contributed by atoms with van der Waals surface area (Å²) in [5.74, 6) is 0. The molecular formula is C10H17FO. The van der Waals surface area contributed by atoms with Gasteiger partial charge in [-0.05, 0) is 12.8 Å². The van der Waals surface area contributed by atoms with E-state index in [1.54, 1.807) is 6.08 Å². The van der Waals surface area contributed by atoms with Gasteiger partial charge < -0.3 is 0 Å². The minimum atomic E-state index is -1.34. The van der Waals surface area contributed by atoms with Crippen LogP contribution in [0.5, 0.6) is 0 Å². The number of carbonyl (C=O) groups excluding carboxylic acids is 1. The quantitative estimate of drug-likeness (QED) is 0.327. The molecule has 0 rings (SSSR count). The number of hydrogen-bond acceptors (Lipinski definition) is 1. The zero-order valence-electron chi connectivity index (χ0n) is 7.68. The summed E-state index contributed by atoms with van der Waals surface area (Å²) in [5.41, 5.74) is 0. The molecule has 70 valence electrons. The van der Waals surface area contributed by atoms with Gasteiger partial charge in [0, 0.05) is 6.08 Å². The summed E-state index contributed by atoms with van der Waals surface area (Å²) in [5, 5.41) is 0. The van der Waals surface area contributed by atoms with Gasteiger partial charge in [0.2, 0.25) is 0 Å². The van der Waals surface area contributed by atoms with Crippen molar-refractivity contribution in [3.8, 4) is 0 Å². The predicted octanol–water partition coefficient (Wildman–Crippen LogP) is 3.40. The molecule has 0 aliphatic rings. The molecule has 0 aromatic heterocycles. The van der Waals surface area contributed by atoms with Gasteiger partial charge in [0.05, 0.1) is 0 Å². The zero-order valence-corrected chi connectivity index (χ0v) is 7.68. The summed E-state index contributed by atoms with van der Waals surface area (Å²) in [4.78, 5) is 9.83. The van der Waals surface area contributed by atoms with Gasteiger partial charge >= 0.3 is 6.04 Å². The fourth-order valence-electron chi connectivity index (χ4n) is 1.04. The first-order valence-corrected chi connectivity index (χ1v) is 4.63. The van der Waals surface area contributed by atoms with Gasteiger partial charge in [0.1, 0.15) is 0 Å². The maximum absolute atomic E-state index is 11.6. The number of unbranched alkanes of at least 4 members (excludes halogenated alkanes) is 5. The standard InChI is InChI=1S/C10H17FO/c1-2-3-4-5-6-7-8-9-10(11)12/h8-9H,2-7H2,1H3. The molecule has 0 N–H and O–H groups in total. The van der Waals surface area contributed by atoms with Gasteiger partial charge in [0.15, 0.2) is 0 Å². The Labute approximate surface area is 73.7 Å². The van der Waals surface area contributed by atoms with E-state index in [-0.39, 0.29) is 0 Å². The maximum Gasteiger partial charge on any atom is 0.324 e. The van der Waals surface area contributed by atoms with Crippen molar-refractivity contribution >= 4 is 6.04 Å². The van der Waals surface area contributed by atoms with E-state index >= 15 is 0 Å². The first-order chi connectivity index (χ1) is 5.77. The van der Waals surface area contributed by atoms with Gasteiger partial charge in [0.25, 0.3) is 0 Å². The van der Waals surface area contributed by atoms with Crippen molar-refractivity contribution in [3.05, 3.63) is 12.2 Å². The first-order valence-electron chi connectivity index (χ1n) is 4.63. The smallest absolute Gasteiger partial charge is 0.256 e. The second-order valence-electron chi connectivity index (χ2n) is 2.91. The molecule has 0 aliphatic carbocycles. The van der Waals surface area contributed by atoms with E-state index in [0.717, 1.165) is 18.9 Å². The van der Waals surface area contributed by atoms with Crippen LogP contribution in [0.3, 0.4) is 0 Å². The predicted molar refractivity (Wildman–Crippen MR) is 48.6 cm³/mol. The van der Waals surface area contributed by atoms with Crippen molar-refractivity contribution in [2.24, 2.45) is 0 Å². The Bertz CT molecular complexity index is 141. The Balaban J connectivity index is 3.05. The lowest BCUT2D eigenvalue weighted by molar-refractivity contribution is -0.124. The minimum Gasteiger partial charge on any atom is -0.256 e. The molecule has 0 atom stereocenters. The van der Waals surface area contributed by atoms with Crippen LogP contribution in [0.4, 0.5) is 4.39 Å². The molecule has 1 nitrogen and oxygen atoms in total. The summed E-state index contributed by atoms with van der Waals surface area (Å²) in [6, 6.07) is -1.34. The summed E-state index contributed by atoms with van der Waals surface area (Å²) in [7, 11) is 0. The number of rotatable bonds is 7. The summed E-state index contributed by atoms with van der Waals surface area (Å²) < 4.78 is 11.6. The molecular weight excluding hydrogens is 155 g/mol. The highest BCUT2D eigenvalue weighted by Crippen LogP contribution is 2.05. The monoisotopic (exact) mass is 172 g/mol. The fourth-order valence-corrected chi connectivity index (χ4v) is 1.04. The van der Waals surface area contributed by atoms with Crippen LogP contribution in [0.2, 0.25) is 0 Å². The number of carbonyl (C=O) groups is 1. The number of allylic oxidation sites excluding steroid dienone is 2. The molecule has 0 saturated carbocycles. The Morgan fingerprint density at radius 1 is 1.25 bits per heavy atom. The van der Waals surface area contributed by atoms with E-state index in [1.807, 2.05) is 0 Å². The van der Waals surface area contributed by atoms with E-state index in [0.29, 0.717) is 0 Å². The van der Waals surface area contributed by atoms with Crippen molar-refractivity contribution in [1.82, 2.24) is 0 Å². The Kier molecular flexibility index (Phi) is 7.97. The average Bonchev–Trinajstić information content (AvgIpc) is 2.02. The fraction of sp³-hybridized carbons (Fsp3) is 0.700. The molecule has 0 spiro atoms. The van der Waals surface area contributed by atoms with E-state index in [4.69, 9.17) is 0 Å². The number of halogens is 1. The van der Waals surface area contributed by atoms with Crippen LogP contribution in [0.1, 0.15) is 45.4 Å². The molecule has 2 heteroatoms. The van der Waals surface area contributed by atoms with E-state index in [9.17, 15) is 9.18 Å². The molecule has 0 heterocycles. The van der Waals surface area contributed by atoms with Crippen LogP contribution in [-0.2, 0) is 4.79 Å². The minimum absolute atomic E-state index is 0.819. The Hall–Kier alpha value is -0.660. The second kappa shape index (κ2) is 8.44.